The first-order valence-electron chi connectivity index (χ1n) is 7.84. The summed E-state index contributed by atoms with van der Waals surface area (Å²) < 4.78 is 16.7. The van der Waals surface area contributed by atoms with Crippen LogP contribution in [0, 0.1) is 0 Å². The van der Waals surface area contributed by atoms with E-state index in [0.717, 1.165) is 32.1 Å². The highest BCUT2D eigenvalue weighted by Gasteiger charge is 2.41. The third kappa shape index (κ3) is 2.87. The highest BCUT2D eigenvalue weighted by atomic mass is 16.5. The van der Waals surface area contributed by atoms with Crippen molar-refractivity contribution in [2.75, 3.05) is 19.8 Å². The monoisotopic (exact) mass is 294 g/mol. The highest BCUT2D eigenvalue weighted by Crippen LogP contribution is 2.36. The maximum Gasteiger partial charge on any atom is 0.237 e. The number of Topliss-reactive ketones (excluding diaryl/α,β-unsaturated/α-hetero) is 1. The smallest absolute Gasteiger partial charge is 0.237 e. The quantitative estimate of drug-likeness (QED) is 0.848. The second-order valence-electron chi connectivity index (χ2n) is 5.76. The van der Waals surface area contributed by atoms with Gasteiger partial charge in [-0.1, -0.05) is 11.6 Å². The predicted molar refractivity (Wildman–Crippen MR) is 73.9 cm³/mol. The molecule has 1 aliphatic heterocycles. The average molecular weight is 294 g/mol. The lowest BCUT2D eigenvalue weighted by atomic mass is 9.88. The summed E-state index contributed by atoms with van der Waals surface area (Å²) in [7, 11) is 0. The van der Waals surface area contributed by atoms with Crippen molar-refractivity contribution < 1.29 is 18.8 Å². The molecule has 1 saturated heterocycles. The van der Waals surface area contributed by atoms with Crippen molar-refractivity contribution in [3.8, 4) is 0 Å². The Balaban J connectivity index is 1.83. The van der Waals surface area contributed by atoms with Crippen molar-refractivity contribution >= 4 is 5.78 Å². The molecule has 2 heterocycles. The molecular weight excluding hydrogens is 272 g/mol. The fraction of sp³-hybridized carbons (Fsp3) is 0.800. The third-order valence-corrected chi connectivity index (χ3v) is 4.42. The second kappa shape index (κ2) is 6.23. The normalized spacial score (nSPS) is 26.0. The maximum atomic E-state index is 12.0. The molecule has 2 fully saturated rings. The number of hydrogen-bond donors (Lipinski definition) is 0. The van der Waals surface area contributed by atoms with Crippen molar-refractivity contribution in [3.05, 3.63) is 11.7 Å². The molecule has 6 nitrogen and oxygen atoms in total. The molecular formula is C15H22N2O4. The first-order valence-corrected chi connectivity index (χ1v) is 7.84. The van der Waals surface area contributed by atoms with Gasteiger partial charge in [0.15, 0.2) is 0 Å². The maximum absolute atomic E-state index is 12.0. The molecule has 0 N–H and O–H groups in total. The zero-order valence-corrected chi connectivity index (χ0v) is 12.5. The summed E-state index contributed by atoms with van der Waals surface area (Å²) in [5.74, 6) is 1.02. The summed E-state index contributed by atoms with van der Waals surface area (Å²) in [5.41, 5.74) is -0.521. The van der Waals surface area contributed by atoms with Crippen LogP contribution in [0.25, 0.3) is 0 Å². The SMILES string of the molecule is CCOC1(c2noc(C3CCCCC3=O)n2)CCOCC1. The first kappa shape index (κ1) is 14.7. The Morgan fingerprint density at radius 1 is 1.33 bits per heavy atom. The standard InChI is InChI=1S/C15H22N2O4/c1-2-20-15(7-9-19-10-8-15)14-16-13(21-17-14)11-5-3-4-6-12(11)18/h11H,2-10H2,1H3. The topological polar surface area (TPSA) is 74.5 Å². The summed E-state index contributed by atoms with van der Waals surface area (Å²) >= 11 is 0. The van der Waals surface area contributed by atoms with Gasteiger partial charge in [0, 0.05) is 39.1 Å². The molecule has 0 spiro atoms. The molecule has 1 aromatic rings. The Bertz CT molecular complexity index is 488. The number of ether oxygens (including phenoxy) is 2. The zero-order valence-electron chi connectivity index (χ0n) is 12.5. The van der Waals surface area contributed by atoms with Crippen molar-refractivity contribution in [2.45, 2.75) is 57.0 Å². The molecule has 3 rings (SSSR count). The third-order valence-electron chi connectivity index (χ3n) is 4.42. The van der Waals surface area contributed by atoms with Crippen molar-refractivity contribution in [1.82, 2.24) is 10.1 Å². The van der Waals surface area contributed by atoms with Crippen molar-refractivity contribution in [3.63, 3.8) is 0 Å². The first-order chi connectivity index (χ1) is 10.2. The molecule has 21 heavy (non-hydrogen) atoms. The van der Waals surface area contributed by atoms with E-state index in [4.69, 9.17) is 14.0 Å². The van der Waals surface area contributed by atoms with E-state index in [1.807, 2.05) is 6.92 Å². The van der Waals surface area contributed by atoms with Crippen LogP contribution in [0.15, 0.2) is 4.52 Å². The lowest BCUT2D eigenvalue weighted by Gasteiger charge is -2.33. The Morgan fingerprint density at radius 3 is 2.86 bits per heavy atom. The molecule has 0 aromatic carbocycles. The van der Waals surface area contributed by atoms with Crippen LogP contribution in [0.4, 0.5) is 0 Å². The van der Waals surface area contributed by atoms with Gasteiger partial charge < -0.3 is 14.0 Å². The summed E-state index contributed by atoms with van der Waals surface area (Å²) in [6, 6.07) is 0. The van der Waals surface area contributed by atoms with E-state index in [2.05, 4.69) is 10.1 Å². The summed E-state index contributed by atoms with van der Waals surface area (Å²) in [5, 5.41) is 4.12. The van der Waals surface area contributed by atoms with Gasteiger partial charge in [-0.05, 0) is 19.8 Å². The minimum atomic E-state index is -0.521. The summed E-state index contributed by atoms with van der Waals surface area (Å²) in [4.78, 5) is 16.5. The number of ketones is 1. The highest BCUT2D eigenvalue weighted by molar-refractivity contribution is 5.85. The minimum Gasteiger partial charge on any atom is -0.381 e. The van der Waals surface area contributed by atoms with Crippen LogP contribution in [0.2, 0.25) is 0 Å². The van der Waals surface area contributed by atoms with Gasteiger partial charge in [-0.2, -0.15) is 4.98 Å². The molecule has 2 aliphatic rings. The number of hydrogen-bond acceptors (Lipinski definition) is 6. The van der Waals surface area contributed by atoms with Crippen LogP contribution in [-0.4, -0.2) is 35.7 Å². The molecule has 0 bridgehead atoms. The number of rotatable bonds is 4. The Morgan fingerprint density at radius 2 is 2.14 bits per heavy atom. The lowest BCUT2D eigenvalue weighted by Crippen LogP contribution is -2.37. The minimum absolute atomic E-state index is 0.217. The van der Waals surface area contributed by atoms with E-state index in [-0.39, 0.29) is 11.7 Å². The van der Waals surface area contributed by atoms with Gasteiger partial charge >= 0.3 is 0 Å². The zero-order chi connectivity index (χ0) is 14.7. The molecule has 1 aromatic heterocycles. The van der Waals surface area contributed by atoms with E-state index >= 15 is 0 Å². The van der Waals surface area contributed by atoms with E-state index in [1.165, 1.54) is 0 Å². The number of aromatic nitrogens is 2. The largest absolute Gasteiger partial charge is 0.381 e. The Hall–Kier alpha value is -1.27. The van der Waals surface area contributed by atoms with Gasteiger partial charge in [-0.15, -0.1) is 0 Å². The molecule has 1 saturated carbocycles. The fourth-order valence-electron chi connectivity index (χ4n) is 3.22. The van der Waals surface area contributed by atoms with Crippen LogP contribution in [0.3, 0.4) is 0 Å². The molecule has 0 amide bonds. The van der Waals surface area contributed by atoms with Crippen LogP contribution in [0.5, 0.6) is 0 Å². The van der Waals surface area contributed by atoms with Gasteiger partial charge in [-0.3, -0.25) is 4.79 Å². The van der Waals surface area contributed by atoms with Gasteiger partial charge in [0.2, 0.25) is 11.7 Å². The predicted octanol–water partition coefficient (Wildman–Crippen LogP) is 2.34. The van der Waals surface area contributed by atoms with Gasteiger partial charge in [-0.25, -0.2) is 0 Å². The Kier molecular flexibility index (Phi) is 4.35. The molecule has 1 aliphatic carbocycles. The van der Waals surface area contributed by atoms with Crippen LogP contribution >= 0.6 is 0 Å². The fourth-order valence-corrected chi connectivity index (χ4v) is 3.22. The van der Waals surface area contributed by atoms with Gasteiger partial charge in [0.05, 0.1) is 5.92 Å². The Labute approximate surface area is 124 Å². The van der Waals surface area contributed by atoms with E-state index in [0.29, 0.717) is 38.0 Å². The van der Waals surface area contributed by atoms with E-state index in [9.17, 15) is 4.79 Å². The van der Waals surface area contributed by atoms with Gasteiger partial charge in [0.25, 0.3) is 0 Å². The average Bonchev–Trinajstić information content (AvgIpc) is 2.99. The number of carbonyl (C=O) groups excluding carboxylic acids is 1. The van der Waals surface area contributed by atoms with Crippen LogP contribution in [-0.2, 0) is 19.9 Å². The van der Waals surface area contributed by atoms with Crippen molar-refractivity contribution in [2.24, 2.45) is 0 Å². The molecule has 0 radical (unpaired) electrons. The molecule has 6 heteroatoms. The summed E-state index contributed by atoms with van der Waals surface area (Å²) in [6.07, 6.45) is 4.88. The summed E-state index contributed by atoms with van der Waals surface area (Å²) in [6.45, 7) is 3.81. The molecule has 116 valence electrons. The molecule has 1 unspecified atom stereocenters. The van der Waals surface area contributed by atoms with Gasteiger partial charge in [0.1, 0.15) is 11.4 Å². The van der Waals surface area contributed by atoms with Crippen molar-refractivity contribution in [1.29, 1.82) is 0 Å². The number of nitrogens with zero attached hydrogens (tertiary/aromatic N) is 2. The molecule has 1 atom stereocenters. The van der Waals surface area contributed by atoms with E-state index in [1.54, 1.807) is 0 Å². The number of carbonyl (C=O) groups is 1. The van der Waals surface area contributed by atoms with E-state index < -0.39 is 5.60 Å². The van der Waals surface area contributed by atoms with Crippen LogP contribution < -0.4 is 0 Å². The lowest BCUT2D eigenvalue weighted by molar-refractivity contribution is -0.122. The second-order valence-corrected chi connectivity index (χ2v) is 5.76. The van der Waals surface area contributed by atoms with Crippen LogP contribution in [0.1, 0.15) is 63.1 Å².